The molecule has 2 aliphatic rings. The fraction of sp³-hybridized carbons (Fsp3) is 0.562. The zero-order valence-electron chi connectivity index (χ0n) is 11.8. The molecule has 1 aliphatic carbocycles. The molecule has 1 aliphatic heterocycles. The van der Waals surface area contributed by atoms with Crippen LogP contribution in [0, 0.1) is 0 Å². The first-order valence-corrected chi connectivity index (χ1v) is 7.34. The molecule has 0 atom stereocenters. The smallest absolute Gasteiger partial charge is 0.314 e. The molecule has 4 nitrogen and oxygen atoms in total. The Hall–Kier alpha value is -1.71. The first kappa shape index (κ1) is 13.3. The molecule has 1 saturated carbocycles. The summed E-state index contributed by atoms with van der Waals surface area (Å²) < 4.78 is 10.8. The predicted octanol–water partition coefficient (Wildman–Crippen LogP) is 3.26. The van der Waals surface area contributed by atoms with Crippen molar-refractivity contribution < 1.29 is 19.4 Å². The third kappa shape index (κ3) is 1.94. The first-order chi connectivity index (χ1) is 9.67. The van der Waals surface area contributed by atoms with Crippen LogP contribution in [0.4, 0.5) is 0 Å². The topological polar surface area (TPSA) is 55.8 Å². The largest absolute Gasteiger partial charge is 0.481 e. The number of hydrogen-bond acceptors (Lipinski definition) is 3. The Morgan fingerprint density at radius 1 is 1.20 bits per heavy atom. The minimum absolute atomic E-state index is 0.224. The summed E-state index contributed by atoms with van der Waals surface area (Å²) in [5.41, 5.74) is 1.25. The summed E-state index contributed by atoms with van der Waals surface area (Å²) in [7, 11) is 0. The van der Waals surface area contributed by atoms with E-state index in [1.165, 1.54) is 0 Å². The normalized spacial score (nSPS) is 19.9. The lowest BCUT2D eigenvalue weighted by Crippen LogP contribution is -2.38. The Balaban J connectivity index is 2.13. The molecule has 0 spiro atoms. The highest BCUT2D eigenvalue weighted by Crippen LogP contribution is 2.45. The van der Waals surface area contributed by atoms with Crippen molar-refractivity contribution in [3.63, 3.8) is 0 Å². The van der Waals surface area contributed by atoms with Gasteiger partial charge in [0.05, 0.1) is 5.41 Å². The van der Waals surface area contributed by atoms with Gasteiger partial charge in [-0.15, -0.1) is 0 Å². The highest BCUT2D eigenvalue weighted by molar-refractivity contribution is 5.82. The highest BCUT2D eigenvalue weighted by atomic mass is 16.7. The molecular weight excluding hydrogens is 256 g/mol. The molecule has 4 heteroatoms. The van der Waals surface area contributed by atoms with Gasteiger partial charge in [-0.3, -0.25) is 4.79 Å². The SMILES string of the molecule is CCc1cc2c(cc1C1(C(=O)O)CCCCC1)OCO2. The fourth-order valence-electron chi connectivity index (χ4n) is 3.48. The minimum atomic E-state index is -0.745. The van der Waals surface area contributed by atoms with Gasteiger partial charge in [-0.1, -0.05) is 26.2 Å². The van der Waals surface area contributed by atoms with E-state index < -0.39 is 11.4 Å². The number of aliphatic carboxylic acids is 1. The second-order valence-electron chi connectivity index (χ2n) is 5.66. The maximum Gasteiger partial charge on any atom is 0.314 e. The van der Waals surface area contributed by atoms with Crippen molar-refractivity contribution in [2.24, 2.45) is 0 Å². The molecule has 0 radical (unpaired) electrons. The van der Waals surface area contributed by atoms with Crippen LogP contribution in [0.1, 0.15) is 50.2 Å². The third-order valence-corrected chi connectivity index (χ3v) is 4.61. The van der Waals surface area contributed by atoms with Gasteiger partial charge in [0.15, 0.2) is 11.5 Å². The minimum Gasteiger partial charge on any atom is -0.481 e. The second-order valence-corrected chi connectivity index (χ2v) is 5.66. The van der Waals surface area contributed by atoms with Crippen LogP contribution in [0.25, 0.3) is 0 Å². The van der Waals surface area contributed by atoms with Gasteiger partial charge in [0, 0.05) is 0 Å². The Kier molecular flexibility index (Phi) is 3.32. The summed E-state index contributed by atoms with van der Waals surface area (Å²) in [6, 6.07) is 3.86. The molecule has 0 bridgehead atoms. The van der Waals surface area contributed by atoms with Gasteiger partial charge >= 0.3 is 5.97 Å². The summed E-state index contributed by atoms with van der Waals surface area (Å²) >= 11 is 0. The summed E-state index contributed by atoms with van der Waals surface area (Å²) in [5.74, 6) is 0.719. The molecule has 0 saturated heterocycles. The van der Waals surface area contributed by atoms with Crippen LogP contribution in [0.2, 0.25) is 0 Å². The van der Waals surface area contributed by atoms with Crippen molar-refractivity contribution in [2.75, 3.05) is 6.79 Å². The number of ether oxygens (including phenoxy) is 2. The number of rotatable bonds is 3. The van der Waals surface area contributed by atoms with E-state index in [1.807, 2.05) is 12.1 Å². The number of carboxylic acid groups (broad SMARTS) is 1. The van der Waals surface area contributed by atoms with Gasteiger partial charge in [0.1, 0.15) is 0 Å². The van der Waals surface area contributed by atoms with Crippen molar-refractivity contribution in [2.45, 2.75) is 50.9 Å². The first-order valence-electron chi connectivity index (χ1n) is 7.34. The second kappa shape index (κ2) is 5.00. The number of benzene rings is 1. The Morgan fingerprint density at radius 3 is 2.45 bits per heavy atom. The van der Waals surface area contributed by atoms with Crippen molar-refractivity contribution in [1.82, 2.24) is 0 Å². The molecule has 1 fully saturated rings. The van der Waals surface area contributed by atoms with E-state index in [4.69, 9.17) is 9.47 Å². The molecule has 1 aromatic rings. The van der Waals surface area contributed by atoms with Gasteiger partial charge in [-0.05, 0) is 42.5 Å². The number of hydrogen-bond donors (Lipinski definition) is 1. The molecule has 1 aromatic carbocycles. The maximum atomic E-state index is 12.0. The van der Waals surface area contributed by atoms with Crippen LogP contribution in [0.3, 0.4) is 0 Å². The molecule has 0 amide bonds. The van der Waals surface area contributed by atoms with Crippen LogP contribution in [0.15, 0.2) is 12.1 Å². The highest BCUT2D eigenvalue weighted by Gasteiger charge is 2.43. The molecule has 0 aromatic heterocycles. The van der Waals surface area contributed by atoms with Crippen molar-refractivity contribution >= 4 is 5.97 Å². The monoisotopic (exact) mass is 276 g/mol. The summed E-state index contributed by atoms with van der Waals surface area (Å²) in [6.07, 6.45) is 5.32. The van der Waals surface area contributed by atoms with Crippen molar-refractivity contribution in [3.8, 4) is 11.5 Å². The molecule has 1 N–H and O–H groups in total. The molecule has 108 valence electrons. The Labute approximate surface area is 118 Å². The van der Waals surface area contributed by atoms with E-state index in [9.17, 15) is 9.90 Å². The quantitative estimate of drug-likeness (QED) is 0.920. The van der Waals surface area contributed by atoms with Crippen LogP contribution < -0.4 is 9.47 Å². The molecule has 20 heavy (non-hydrogen) atoms. The maximum absolute atomic E-state index is 12.0. The average Bonchev–Trinajstić information content (AvgIpc) is 2.93. The lowest BCUT2D eigenvalue weighted by atomic mass is 9.68. The van der Waals surface area contributed by atoms with Gasteiger partial charge < -0.3 is 14.6 Å². The van der Waals surface area contributed by atoms with Crippen LogP contribution in [-0.2, 0) is 16.6 Å². The van der Waals surface area contributed by atoms with E-state index in [1.54, 1.807) is 0 Å². The zero-order chi connectivity index (χ0) is 14.2. The van der Waals surface area contributed by atoms with E-state index >= 15 is 0 Å². The van der Waals surface area contributed by atoms with Crippen LogP contribution in [0.5, 0.6) is 11.5 Å². The summed E-state index contributed by atoms with van der Waals surface area (Å²) in [4.78, 5) is 12.0. The third-order valence-electron chi connectivity index (χ3n) is 4.61. The van der Waals surface area contributed by atoms with Gasteiger partial charge in [0.2, 0.25) is 6.79 Å². The van der Waals surface area contributed by atoms with E-state index in [-0.39, 0.29) is 6.79 Å². The molecule has 1 heterocycles. The lowest BCUT2D eigenvalue weighted by Gasteiger charge is -2.35. The van der Waals surface area contributed by atoms with Gasteiger partial charge in [-0.25, -0.2) is 0 Å². The number of carboxylic acids is 1. The number of fused-ring (bicyclic) bond motifs is 1. The Bertz CT molecular complexity index is 530. The van der Waals surface area contributed by atoms with Gasteiger partial charge in [0.25, 0.3) is 0 Å². The predicted molar refractivity (Wildman–Crippen MR) is 74.3 cm³/mol. The number of carbonyl (C=O) groups is 1. The zero-order valence-corrected chi connectivity index (χ0v) is 11.8. The van der Waals surface area contributed by atoms with Crippen LogP contribution >= 0.6 is 0 Å². The lowest BCUT2D eigenvalue weighted by molar-refractivity contribution is -0.145. The number of aryl methyl sites for hydroxylation is 1. The molecule has 0 unspecified atom stereocenters. The van der Waals surface area contributed by atoms with E-state index in [2.05, 4.69) is 6.92 Å². The van der Waals surface area contributed by atoms with Crippen molar-refractivity contribution in [3.05, 3.63) is 23.3 Å². The Morgan fingerprint density at radius 2 is 1.85 bits per heavy atom. The summed E-state index contributed by atoms with van der Waals surface area (Å²) in [6.45, 7) is 2.28. The van der Waals surface area contributed by atoms with E-state index in [0.29, 0.717) is 5.75 Å². The molecule has 3 rings (SSSR count). The van der Waals surface area contributed by atoms with Crippen LogP contribution in [-0.4, -0.2) is 17.9 Å². The fourth-order valence-corrected chi connectivity index (χ4v) is 3.48. The average molecular weight is 276 g/mol. The van der Waals surface area contributed by atoms with Gasteiger partial charge in [-0.2, -0.15) is 0 Å². The standard InChI is InChI=1S/C16H20O4/c1-2-11-8-13-14(20-10-19-13)9-12(11)16(15(17)18)6-4-3-5-7-16/h8-9H,2-7,10H2,1H3,(H,17,18). The van der Waals surface area contributed by atoms with E-state index in [0.717, 1.165) is 55.4 Å². The molecular formula is C16H20O4. The van der Waals surface area contributed by atoms with Crippen molar-refractivity contribution in [1.29, 1.82) is 0 Å². The summed E-state index contributed by atoms with van der Waals surface area (Å²) in [5, 5.41) is 9.84.